The zero-order valence-corrected chi connectivity index (χ0v) is 8.45. The van der Waals surface area contributed by atoms with E-state index in [4.69, 9.17) is 9.46 Å². The van der Waals surface area contributed by atoms with Crippen LogP contribution in [0.5, 0.6) is 0 Å². The van der Waals surface area contributed by atoms with Gasteiger partial charge in [0.1, 0.15) is 0 Å². The van der Waals surface area contributed by atoms with Crippen LogP contribution in [0.25, 0.3) is 0 Å². The minimum absolute atomic E-state index is 0. The molecule has 1 unspecified atom stereocenters. The molecule has 0 saturated heterocycles. The van der Waals surface area contributed by atoms with Crippen molar-refractivity contribution >= 4 is 33.5 Å². The molecular weight excluding hydrogens is 182 g/mol. The molecule has 0 saturated carbocycles. The fourth-order valence-corrected chi connectivity index (χ4v) is 0. The number of halogens is 2. The lowest BCUT2D eigenvalue weighted by Gasteiger charge is -1.68. The molecule has 0 aliphatic rings. The largest absolute Gasteiger partial charge is 0.348 e. The number of unbranched alkanes of at least 4 members (excludes halogenated alkanes) is 1. The second kappa shape index (κ2) is 37.3. The SMILES string of the molecule is CCCC.Cl.Cl.O=[PH2]O. The summed E-state index contributed by atoms with van der Waals surface area (Å²) in [6.07, 6.45) is 2.64. The first-order valence-electron chi connectivity index (χ1n) is 2.41. The van der Waals surface area contributed by atoms with E-state index in [2.05, 4.69) is 13.8 Å². The Labute approximate surface area is 70.1 Å². The Kier molecular flexibility index (Phi) is 93.4. The maximum Gasteiger partial charge on any atom is 0.177 e. The van der Waals surface area contributed by atoms with Crippen molar-refractivity contribution in [2.45, 2.75) is 26.7 Å². The molecule has 0 radical (unpaired) electrons. The summed E-state index contributed by atoms with van der Waals surface area (Å²) in [5.41, 5.74) is 0. The Bertz CT molecular complexity index is 35.7. The number of hydrogen-bond acceptors (Lipinski definition) is 1. The van der Waals surface area contributed by atoms with Crippen molar-refractivity contribution < 1.29 is 9.46 Å². The van der Waals surface area contributed by atoms with Gasteiger partial charge in [0.25, 0.3) is 0 Å². The summed E-state index contributed by atoms with van der Waals surface area (Å²) in [6, 6.07) is 0. The number of hydrogen-bond donors (Lipinski definition) is 1. The van der Waals surface area contributed by atoms with E-state index in [0.29, 0.717) is 0 Å². The van der Waals surface area contributed by atoms with Crippen LogP contribution in [-0.2, 0) is 4.57 Å². The van der Waals surface area contributed by atoms with Gasteiger partial charge in [-0.2, -0.15) is 0 Å². The molecule has 0 heterocycles. The first kappa shape index (κ1) is 22.6. The van der Waals surface area contributed by atoms with E-state index in [1.807, 2.05) is 0 Å². The molecule has 0 aliphatic heterocycles. The van der Waals surface area contributed by atoms with Crippen LogP contribution in [0.2, 0.25) is 0 Å². The average Bonchev–Trinajstić information content (AvgIpc) is 1.69. The molecule has 2 nitrogen and oxygen atoms in total. The molecule has 0 bridgehead atoms. The third kappa shape index (κ3) is 128. The van der Waals surface area contributed by atoms with Gasteiger partial charge in [-0.25, -0.2) is 0 Å². The molecule has 0 fully saturated rings. The highest BCUT2D eigenvalue weighted by atomic mass is 35.5. The fourth-order valence-electron chi connectivity index (χ4n) is 0. The van der Waals surface area contributed by atoms with Gasteiger partial charge in [0.15, 0.2) is 8.69 Å². The van der Waals surface area contributed by atoms with Crippen molar-refractivity contribution in [3.05, 3.63) is 0 Å². The molecule has 0 aliphatic carbocycles. The smallest absolute Gasteiger partial charge is 0.177 e. The van der Waals surface area contributed by atoms with Crippen molar-refractivity contribution in [3.8, 4) is 0 Å². The van der Waals surface area contributed by atoms with Crippen molar-refractivity contribution in [3.63, 3.8) is 0 Å². The van der Waals surface area contributed by atoms with Crippen LogP contribution in [-0.4, -0.2) is 4.89 Å². The van der Waals surface area contributed by atoms with Crippen LogP contribution in [0.3, 0.4) is 0 Å². The number of rotatable bonds is 1. The van der Waals surface area contributed by atoms with E-state index in [0.717, 1.165) is 0 Å². The molecule has 0 spiro atoms. The second-order valence-corrected chi connectivity index (χ2v) is 1.32. The van der Waals surface area contributed by atoms with Gasteiger partial charge in [-0.05, 0) is 0 Å². The van der Waals surface area contributed by atoms with E-state index in [1.165, 1.54) is 12.8 Å². The summed E-state index contributed by atoms with van der Waals surface area (Å²) in [4.78, 5) is 7.10. The van der Waals surface area contributed by atoms with Crippen molar-refractivity contribution in [1.82, 2.24) is 0 Å². The van der Waals surface area contributed by atoms with Crippen molar-refractivity contribution in [2.75, 3.05) is 0 Å². The molecule has 5 heteroatoms. The Morgan fingerprint density at radius 3 is 1.33 bits per heavy atom. The van der Waals surface area contributed by atoms with Gasteiger partial charge < -0.3 is 4.89 Å². The fraction of sp³-hybridized carbons (Fsp3) is 1.00. The van der Waals surface area contributed by atoms with Crippen molar-refractivity contribution in [1.29, 1.82) is 0 Å². The zero-order chi connectivity index (χ0) is 6.12. The quantitative estimate of drug-likeness (QED) is 0.654. The Morgan fingerprint density at radius 1 is 1.22 bits per heavy atom. The van der Waals surface area contributed by atoms with Gasteiger partial charge in [0.05, 0.1) is 0 Å². The van der Waals surface area contributed by atoms with Crippen LogP contribution in [0.4, 0.5) is 0 Å². The summed E-state index contributed by atoms with van der Waals surface area (Å²) in [5, 5.41) is 0. The van der Waals surface area contributed by atoms with E-state index < -0.39 is 8.69 Å². The first-order valence-corrected chi connectivity index (χ1v) is 3.40. The Hall–Kier alpha value is 0.770. The van der Waals surface area contributed by atoms with E-state index in [1.54, 1.807) is 0 Å². The summed E-state index contributed by atoms with van der Waals surface area (Å²) in [6.45, 7) is 4.36. The Balaban J connectivity index is -0.0000000233. The normalized spacial score (nSPS) is 6.56. The van der Waals surface area contributed by atoms with Crippen LogP contribution >= 0.6 is 33.5 Å². The molecule has 0 aromatic carbocycles. The Morgan fingerprint density at radius 2 is 1.33 bits per heavy atom. The topological polar surface area (TPSA) is 37.3 Å². The molecule has 1 N–H and O–H groups in total. The van der Waals surface area contributed by atoms with Gasteiger partial charge in [0, 0.05) is 0 Å². The highest BCUT2D eigenvalue weighted by Gasteiger charge is 1.56. The zero-order valence-electron chi connectivity index (χ0n) is 5.66. The summed E-state index contributed by atoms with van der Waals surface area (Å²) in [7, 11) is -1.50. The van der Waals surface area contributed by atoms with Crippen LogP contribution < -0.4 is 0 Å². The lowest BCUT2D eigenvalue weighted by atomic mass is 10.4. The van der Waals surface area contributed by atoms with Crippen LogP contribution in [0.1, 0.15) is 26.7 Å². The second-order valence-electron chi connectivity index (χ2n) is 1.11. The molecule has 62 valence electrons. The van der Waals surface area contributed by atoms with E-state index in [9.17, 15) is 0 Å². The van der Waals surface area contributed by atoms with Gasteiger partial charge >= 0.3 is 0 Å². The summed E-state index contributed by atoms with van der Waals surface area (Å²) in [5.74, 6) is 0. The monoisotopic (exact) mass is 196 g/mol. The van der Waals surface area contributed by atoms with Crippen LogP contribution in [0.15, 0.2) is 0 Å². The minimum atomic E-state index is -1.50. The van der Waals surface area contributed by atoms with Gasteiger partial charge in [-0.1, -0.05) is 26.7 Å². The highest BCUT2D eigenvalue weighted by Crippen LogP contribution is 1.76. The van der Waals surface area contributed by atoms with Gasteiger partial charge in [0.2, 0.25) is 0 Å². The molecule has 9 heavy (non-hydrogen) atoms. The van der Waals surface area contributed by atoms with Gasteiger partial charge in [-0.15, -0.1) is 24.8 Å². The molecule has 0 rings (SSSR count). The molecule has 1 atom stereocenters. The third-order valence-corrected chi connectivity index (χ3v) is 0.500. The van der Waals surface area contributed by atoms with Gasteiger partial charge in [-0.3, -0.25) is 4.57 Å². The maximum absolute atomic E-state index is 8.57. The lowest BCUT2D eigenvalue weighted by Crippen LogP contribution is -1.47. The highest BCUT2D eigenvalue weighted by molar-refractivity contribution is 7.16. The molecule has 0 amide bonds. The van der Waals surface area contributed by atoms with Crippen molar-refractivity contribution in [2.24, 2.45) is 0 Å². The average molecular weight is 197 g/mol. The minimum Gasteiger partial charge on any atom is -0.348 e. The van der Waals surface area contributed by atoms with E-state index in [-0.39, 0.29) is 24.8 Å². The summed E-state index contributed by atoms with van der Waals surface area (Å²) < 4.78 is 8.57. The first-order chi connectivity index (χ1) is 3.33. The third-order valence-electron chi connectivity index (χ3n) is 0.500. The molecule has 0 aromatic rings. The molecular formula is C4H15Cl2O2P. The van der Waals surface area contributed by atoms with Crippen LogP contribution in [0, 0.1) is 0 Å². The standard InChI is InChI=1S/C4H10.2ClH.H3O2P/c1-3-4-2;;;1-3-2/h3-4H2,1-2H3;2*1H;3H2,(H,1,2). The predicted molar refractivity (Wildman–Crippen MR) is 47.7 cm³/mol. The predicted octanol–water partition coefficient (Wildman–Crippen LogP) is 2.30. The summed E-state index contributed by atoms with van der Waals surface area (Å²) >= 11 is 0. The maximum atomic E-state index is 8.57. The molecule has 0 aromatic heterocycles. The lowest BCUT2D eigenvalue weighted by molar-refractivity contribution is 0.524. The van der Waals surface area contributed by atoms with E-state index >= 15 is 0 Å².